The smallest absolute Gasteiger partial charge is 0.0730 e. The molecular formula is C13H24BrNO. The van der Waals surface area contributed by atoms with Gasteiger partial charge < -0.3 is 4.74 Å². The molecular weight excluding hydrogens is 266 g/mol. The van der Waals surface area contributed by atoms with Crippen LogP contribution in [-0.4, -0.2) is 42.1 Å². The highest BCUT2D eigenvalue weighted by Gasteiger charge is 2.36. The van der Waals surface area contributed by atoms with Crippen LogP contribution in [0.5, 0.6) is 0 Å². The van der Waals surface area contributed by atoms with Crippen molar-refractivity contribution in [2.75, 3.05) is 25.0 Å². The Labute approximate surface area is 108 Å². The molecule has 1 aliphatic heterocycles. The summed E-state index contributed by atoms with van der Waals surface area (Å²) >= 11 is 3.66. The third-order valence-corrected chi connectivity index (χ3v) is 5.04. The lowest BCUT2D eigenvalue weighted by Crippen LogP contribution is -2.50. The van der Waals surface area contributed by atoms with Crippen LogP contribution in [0.3, 0.4) is 0 Å². The summed E-state index contributed by atoms with van der Waals surface area (Å²) in [5.74, 6) is 1.54. The van der Waals surface area contributed by atoms with Gasteiger partial charge in [0.1, 0.15) is 0 Å². The lowest BCUT2D eigenvalue weighted by molar-refractivity contribution is -0.0609. The molecule has 2 fully saturated rings. The number of ether oxygens (including phenoxy) is 1. The molecule has 1 aliphatic carbocycles. The molecule has 0 aromatic rings. The van der Waals surface area contributed by atoms with E-state index >= 15 is 0 Å². The van der Waals surface area contributed by atoms with Crippen LogP contribution in [0.2, 0.25) is 0 Å². The van der Waals surface area contributed by atoms with Gasteiger partial charge in [0.05, 0.1) is 12.7 Å². The van der Waals surface area contributed by atoms with Crippen LogP contribution >= 0.6 is 15.9 Å². The van der Waals surface area contributed by atoms with Crippen molar-refractivity contribution in [3.05, 3.63) is 0 Å². The van der Waals surface area contributed by atoms with Crippen molar-refractivity contribution in [1.29, 1.82) is 0 Å². The summed E-state index contributed by atoms with van der Waals surface area (Å²) in [7, 11) is 0. The summed E-state index contributed by atoms with van der Waals surface area (Å²) in [6.45, 7) is 7.98. The predicted molar refractivity (Wildman–Crippen MR) is 71.1 cm³/mol. The fraction of sp³-hybridized carbons (Fsp3) is 1.00. The summed E-state index contributed by atoms with van der Waals surface area (Å²) in [5.41, 5.74) is 0. The van der Waals surface area contributed by atoms with Gasteiger partial charge >= 0.3 is 0 Å². The zero-order valence-electron chi connectivity index (χ0n) is 10.5. The fourth-order valence-corrected chi connectivity index (χ4v) is 3.92. The molecule has 2 aliphatic rings. The summed E-state index contributed by atoms with van der Waals surface area (Å²) in [5, 5.41) is 1.12. The number of hydrogen-bond donors (Lipinski definition) is 0. The van der Waals surface area contributed by atoms with E-state index in [1.54, 1.807) is 0 Å². The Morgan fingerprint density at radius 2 is 2.19 bits per heavy atom. The van der Waals surface area contributed by atoms with E-state index in [1.807, 2.05) is 0 Å². The first-order valence-corrected chi connectivity index (χ1v) is 7.76. The van der Waals surface area contributed by atoms with Gasteiger partial charge in [0.2, 0.25) is 0 Å². The summed E-state index contributed by atoms with van der Waals surface area (Å²) in [4.78, 5) is 2.69. The Hall–Kier alpha value is 0.400. The van der Waals surface area contributed by atoms with E-state index in [0.29, 0.717) is 12.1 Å². The first kappa shape index (κ1) is 12.8. The minimum Gasteiger partial charge on any atom is -0.375 e. The molecule has 0 bridgehead atoms. The number of fused-ring (bicyclic) bond motifs is 1. The average molecular weight is 290 g/mol. The maximum absolute atomic E-state index is 5.85. The summed E-state index contributed by atoms with van der Waals surface area (Å²) in [6.07, 6.45) is 4.52. The largest absolute Gasteiger partial charge is 0.375 e. The van der Waals surface area contributed by atoms with Crippen molar-refractivity contribution >= 4 is 15.9 Å². The maximum Gasteiger partial charge on any atom is 0.0730 e. The number of morpholine rings is 1. The second kappa shape index (κ2) is 5.83. The van der Waals surface area contributed by atoms with Crippen LogP contribution in [0, 0.1) is 11.8 Å². The number of hydrogen-bond acceptors (Lipinski definition) is 2. The molecule has 1 saturated carbocycles. The molecule has 2 nitrogen and oxygen atoms in total. The van der Waals surface area contributed by atoms with Crippen molar-refractivity contribution in [3.8, 4) is 0 Å². The number of alkyl halides is 1. The van der Waals surface area contributed by atoms with Gasteiger partial charge in [-0.2, -0.15) is 0 Å². The molecule has 0 aromatic heterocycles. The third-order valence-electron chi connectivity index (χ3n) is 4.21. The van der Waals surface area contributed by atoms with Gasteiger partial charge in [0.15, 0.2) is 0 Å². The summed E-state index contributed by atoms with van der Waals surface area (Å²) in [6, 6.07) is 0.717. The van der Waals surface area contributed by atoms with E-state index in [4.69, 9.17) is 4.74 Å². The van der Waals surface area contributed by atoms with E-state index in [1.165, 1.54) is 25.8 Å². The zero-order valence-corrected chi connectivity index (χ0v) is 12.1. The Morgan fingerprint density at radius 3 is 2.88 bits per heavy atom. The molecule has 3 heteroatoms. The molecule has 94 valence electrons. The quantitative estimate of drug-likeness (QED) is 0.738. The van der Waals surface area contributed by atoms with Crippen molar-refractivity contribution in [2.45, 2.75) is 45.3 Å². The minimum absolute atomic E-state index is 0.539. The standard InChI is InChI=1S/C13H24BrNO/c1-10(2)11(8-14)9-15-6-7-16-13-5-3-4-12(13)15/h10-13H,3-9H2,1-2H3. The van der Waals surface area contributed by atoms with E-state index in [9.17, 15) is 0 Å². The van der Waals surface area contributed by atoms with Gasteiger partial charge in [-0.3, -0.25) is 4.90 Å². The SMILES string of the molecule is CC(C)C(CBr)CN1CCOC2CCCC21. The Kier molecular flexibility index (Phi) is 4.68. The maximum atomic E-state index is 5.85. The van der Waals surface area contributed by atoms with Crippen LogP contribution in [0.25, 0.3) is 0 Å². The number of rotatable bonds is 4. The molecule has 0 spiro atoms. The first-order chi connectivity index (χ1) is 7.72. The highest BCUT2D eigenvalue weighted by Crippen LogP contribution is 2.31. The molecule has 3 atom stereocenters. The van der Waals surface area contributed by atoms with Gasteiger partial charge in [-0.1, -0.05) is 29.8 Å². The summed E-state index contributed by atoms with van der Waals surface area (Å²) < 4.78 is 5.85. The average Bonchev–Trinajstić information content (AvgIpc) is 2.73. The molecule has 0 N–H and O–H groups in total. The van der Waals surface area contributed by atoms with Crippen molar-refractivity contribution < 1.29 is 4.74 Å². The highest BCUT2D eigenvalue weighted by atomic mass is 79.9. The molecule has 3 unspecified atom stereocenters. The molecule has 1 heterocycles. The third kappa shape index (κ3) is 2.80. The first-order valence-electron chi connectivity index (χ1n) is 6.64. The minimum atomic E-state index is 0.539. The van der Waals surface area contributed by atoms with Gasteiger partial charge in [-0.15, -0.1) is 0 Å². The van der Waals surface area contributed by atoms with Gasteiger partial charge in [-0.25, -0.2) is 0 Å². The predicted octanol–water partition coefficient (Wildman–Crippen LogP) is 2.91. The van der Waals surface area contributed by atoms with E-state index in [2.05, 4.69) is 34.7 Å². The van der Waals surface area contributed by atoms with E-state index in [0.717, 1.165) is 30.3 Å². The Morgan fingerprint density at radius 1 is 1.38 bits per heavy atom. The van der Waals surface area contributed by atoms with E-state index < -0.39 is 0 Å². The van der Waals surface area contributed by atoms with E-state index in [-0.39, 0.29) is 0 Å². The van der Waals surface area contributed by atoms with Crippen LogP contribution in [-0.2, 0) is 4.74 Å². The molecule has 0 amide bonds. The van der Waals surface area contributed by atoms with Gasteiger partial charge in [0.25, 0.3) is 0 Å². The normalized spacial score (nSPS) is 33.0. The topological polar surface area (TPSA) is 12.5 Å². The lowest BCUT2D eigenvalue weighted by atomic mass is 9.96. The Balaban J connectivity index is 1.92. The number of halogens is 1. The van der Waals surface area contributed by atoms with Crippen LogP contribution in [0.1, 0.15) is 33.1 Å². The molecule has 1 saturated heterocycles. The molecule has 16 heavy (non-hydrogen) atoms. The van der Waals surface area contributed by atoms with Crippen LogP contribution < -0.4 is 0 Å². The van der Waals surface area contributed by atoms with Crippen molar-refractivity contribution in [3.63, 3.8) is 0 Å². The highest BCUT2D eigenvalue weighted by molar-refractivity contribution is 9.09. The van der Waals surface area contributed by atoms with Crippen molar-refractivity contribution in [1.82, 2.24) is 4.90 Å². The monoisotopic (exact) mass is 289 g/mol. The van der Waals surface area contributed by atoms with Crippen LogP contribution in [0.15, 0.2) is 0 Å². The zero-order chi connectivity index (χ0) is 11.5. The number of nitrogens with zero attached hydrogens (tertiary/aromatic N) is 1. The molecule has 2 rings (SSSR count). The molecule has 0 aromatic carbocycles. The van der Waals surface area contributed by atoms with Crippen molar-refractivity contribution in [2.24, 2.45) is 11.8 Å². The van der Waals surface area contributed by atoms with Gasteiger partial charge in [-0.05, 0) is 31.1 Å². The molecule has 0 radical (unpaired) electrons. The Bertz CT molecular complexity index is 222. The fourth-order valence-electron chi connectivity index (χ4n) is 2.97. The van der Waals surface area contributed by atoms with Crippen LogP contribution in [0.4, 0.5) is 0 Å². The lowest BCUT2D eigenvalue weighted by Gasteiger charge is -2.40. The second-order valence-corrected chi connectivity index (χ2v) is 6.21. The van der Waals surface area contributed by atoms with Gasteiger partial charge in [0, 0.05) is 24.5 Å². The second-order valence-electron chi connectivity index (χ2n) is 5.56.